The summed E-state index contributed by atoms with van der Waals surface area (Å²) in [6.45, 7) is 7.22. The van der Waals surface area contributed by atoms with Gasteiger partial charge in [-0.15, -0.1) is 0 Å². The summed E-state index contributed by atoms with van der Waals surface area (Å²) in [7, 11) is 2.13. The van der Waals surface area contributed by atoms with E-state index in [9.17, 15) is 4.79 Å². The minimum atomic E-state index is 0.360. The molecule has 2 atom stereocenters. The molecule has 0 aromatic carbocycles. The third-order valence-electron chi connectivity index (χ3n) is 4.01. The number of rotatable bonds is 2. The van der Waals surface area contributed by atoms with E-state index < -0.39 is 0 Å². The van der Waals surface area contributed by atoms with Crippen molar-refractivity contribution < 1.29 is 4.79 Å². The van der Waals surface area contributed by atoms with Crippen molar-refractivity contribution >= 4 is 5.91 Å². The number of nitrogens with one attached hydrogen (secondary N) is 1. The second kappa shape index (κ2) is 5.83. The summed E-state index contributed by atoms with van der Waals surface area (Å²) in [6.07, 6.45) is 3.16. The summed E-state index contributed by atoms with van der Waals surface area (Å²) in [5.41, 5.74) is 0. The fourth-order valence-corrected chi connectivity index (χ4v) is 2.97. The number of amides is 1. The lowest BCUT2D eigenvalue weighted by molar-refractivity contribution is -0.136. The van der Waals surface area contributed by atoms with E-state index in [1.807, 2.05) is 0 Å². The number of carbonyl (C=O) groups excluding carboxylic acids is 1. The van der Waals surface area contributed by atoms with Gasteiger partial charge in [-0.05, 0) is 45.8 Å². The lowest BCUT2D eigenvalue weighted by atomic mass is 9.95. The zero-order valence-corrected chi connectivity index (χ0v) is 11.1. The molecular weight excluding hydrogens is 214 g/mol. The van der Waals surface area contributed by atoms with E-state index in [1.54, 1.807) is 0 Å². The highest BCUT2D eigenvalue weighted by atomic mass is 16.2. The molecule has 0 aliphatic carbocycles. The summed E-state index contributed by atoms with van der Waals surface area (Å²) >= 11 is 0. The van der Waals surface area contributed by atoms with Crippen LogP contribution in [0.3, 0.4) is 0 Å². The van der Waals surface area contributed by atoms with Crippen molar-refractivity contribution in [3.63, 3.8) is 0 Å². The topological polar surface area (TPSA) is 35.6 Å². The van der Waals surface area contributed by atoms with Crippen LogP contribution in [0.5, 0.6) is 0 Å². The average Bonchev–Trinajstić information content (AvgIpc) is 2.30. The number of nitrogens with zero attached hydrogens (tertiary/aromatic N) is 2. The Hall–Kier alpha value is -0.610. The molecule has 4 heteroatoms. The highest BCUT2D eigenvalue weighted by molar-refractivity contribution is 5.77. The van der Waals surface area contributed by atoms with Crippen molar-refractivity contribution in [3.05, 3.63) is 0 Å². The number of likely N-dealkylation sites (N-methyl/N-ethyl adjacent to an activating group) is 1. The SMILES string of the molecule is CC1CN(C)CCN1C(=O)CC1CCCNC1. The summed E-state index contributed by atoms with van der Waals surface area (Å²) in [6, 6.07) is 0.373. The van der Waals surface area contributed by atoms with Gasteiger partial charge in [0.15, 0.2) is 0 Å². The molecule has 2 aliphatic heterocycles. The van der Waals surface area contributed by atoms with Crippen LogP contribution < -0.4 is 5.32 Å². The molecule has 2 heterocycles. The quantitative estimate of drug-likeness (QED) is 0.764. The molecule has 0 spiro atoms. The van der Waals surface area contributed by atoms with Gasteiger partial charge in [-0.25, -0.2) is 0 Å². The highest BCUT2D eigenvalue weighted by Gasteiger charge is 2.27. The van der Waals surface area contributed by atoms with Crippen LogP contribution in [0.25, 0.3) is 0 Å². The van der Waals surface area contributed by atoms with Gasteiger partial charge in [0, 0.05) is 32.1 Å². The van der Waals surface area contributed by atoms with Gasteiger partial charge in [-0.3, -0.25) is 4.79 Å². The largest absolute Gasteiger partial charge is 0.337 e. The predicted molar refractivity (Wildman–Crippen MR) is 68.9 cm³/mol. The molecule has 1 N–H and O–H groups in total. The Labute approximate surface area is 104 Å². The van der Waals surface area contributed by atoms with E-state index in [0.29, 0.717) is 17.9 Å². The van der Waals surface area contributed by atoms with E-state index >= 15 is 0 Å². The van der Waals surface area contributed by atoms with Gasteiger partial charge in [-0.1, -0.05) is 0 Å². The first-order valence-electron chi connectivity index (χ1n) is 6.85. The summed E-state index contributed by atoms with van der Waals surface area (Å²) < 4.78 is 0. The van der Waals surface area contributed by atoms with E-state index in [-0.39, 0.29) is 0 Å². The van der Waals surface area contributed by atoms with Gasteiger partial charge in [0.05, 0.1) is 0 Å². The summed E-state index contributed by atoms with van der Waals surface area (Å²) in [4.78, 5) is 16.6. The van der Waals surface area contributed by atoms with Crippen molar-refractivity contribution in [2.45, 2.75) is 32.2 Å². The lowest BCUT2D eigenvalue weighted by Crippen LogP contribution is -2.53. The van der Waals surface area contributed by atoms with Gasteiger partial charge in [0.1, 0.15) is 0 Å². The smallest absolute Gasteiger partial charge is 0.223 e. The maximum atomic E-state index is 12.3. The fraction of sp³-hybridized carbons (Fsp3) is 0.923. The van der Waals surface area contributed by atoms with Crippen LogP contribution in [0.4, 0.5) is 0 Å². The van der Waals surface area contributed by atoms with E-state index in [2.05, 4.69) is 29.1 Å². The molecule has 4 nitrogen and oxygen atoms in total. The van der Waals surface area contributed by atoms with Crippen LogP contribution in [0, 0.1) is 5.92 Å². The number of piperidine rings is 1. The average molecular weight is 239 g/mol. The molecule has 2 saturated heterocycles. The molecular formula is C13H25N3O. The Kier molecular flexibility index (Phi) is 4.40. The van der Waals surface area contributed by atoms with Crippen LogP contribution in [0.2, 0.25) is 0 Å². The first-order chi connectivity index (χ1) is 8.16. The Bertz CT molecular complexity index is 263. The van der Waals surface area contributed by atoms with Gasteiger partial charge in [0.2, 0.25) is 5.91 Å². The Morgan fingerprint density at radius 2 is 2.24 bits per heavy atom. The van der Waals surface area contributed by atoms with Crippen LogP contribution >= 0.6 is 0 Å². The first-order valence-corrected chi connectivity index (χ1v) is 6.85. The predicted octanol–water partition coefficient (Wildman–Crippen LogP) is 0.539. The molecule has 0 radical (unpaired) electrons. The van der Waals surface area contributed by atoms with Crippen molar-refractivity contribution in [2.75, 3.05) is 39.8 Å². The maximum absolute atomic E-state index is 12.3. The normalized spacial score (nSPS) is 31.5. The Balaban J connectivity index is 1.82. The third kappa shape index (κ3) is 3.42. The van der Waals surface area contributed by atoms with E-state index in [1.165, 1.54) is 12.8 Å². The van der Waals surface area contributed by atoms with Crippen LogP contribution in [0.15, 0.2) is 0 Å². The zero-order valence-electron chi connectivity index (χ0n) is 11.1. The van der Waals surface area contributed by atoms with Gasteiger partial charge < -0.3 is 15.1 Å². The maximum Gasteiger partial charge on any atom is 0.223 e. The highest BCUT2D eigenvalue weighted by Crippen LogP contribution is 2.17. The van der Waals surface area contributed by atoms with Gasteiger partial charge >= 0.3 is 0 Å². The second-order valence-corrected chi connectivity index (χ2v) is 5.61. The third-order valence-corrected chi connectivity index (χ3v) is 4.01. The number of carbonyl (C=O) groups is 1. The van der Waals surface area contributed by atoms with E-state index in [4.69, 9.17) is 0 Å². The Morgan fingerprint density at radius 3 is 2.88 bits per heavy atom. The number of hydrogen-bond acceptors (Lipinski definition) is 3. The molecule has 2 rings (SSSR count). The van der Waals surface area contributed by atoms with Crippen molar-refractivity contribution in [1.29, 1.82) is 0 Å². The minimum absolute atomic E-state index is 0.360. The molecule has 2 unspecified atom stereocenters. The standard InChI is InChI=1S/C13H25N3O/c1-11-10-15(2)6-7-16(11)13(17)8-12-4-3-5-14-9-12/h11-12,14H,3-10H2,1-2H3. The summed E-state index contributed by atoms with van der Waals surface area (Å²) in [5.74, 6) is 0.919. The van der Waals surface area contributed by atoms with Gasteiger partial charge in [-0.2, -0.15) is 0 Å². The molecule has 0 aromatic heterocycles. The molecule has 0 saturated carbocycles. The van der Waals surface area contributed by atoms with Crippen LogP contribution in [0.1, 0.15) is 26.2 Å². The minimum Gasteiger partial charge on any atom is -0.337 e. The second-order valence-electron chi connectivity index (χ2n) is 5.61. The van der Waals surface area contributed by atoms with E-state index in [0.717, 1.165) is 39.1 Å². The molecule has 2 aliphatic rings. The molecule has 2 fully saturated rings. The van der Waals surface area contributed by atoms with Crippen molar-refractivity contribution in [1.82, 2.24) is 15.1 Å². The molecule has 0 bridgehead atoms. The van der Waals surface area contributed by atoms with Crippen molar-refractivity contribution in [2.24, 2.45) is 5.92 Å². The lowest BCUT2D eigenvalue weighted by Gasteiger charge is -2.39. The molecule has 17 heavy (non-hydrogen) atoms. The zero-order chi connectivity index (χ0) is 12.3. The number of piperazine rings is 1. The molecule has 98 valence electrons. The Morgan fingerprint density at radius 1 is 1.41 bits per heavy atom. The first kappa shape index (κ1) is 12.8. The fourth-order valence-electron chi connectivity index (χ4n) is 2.97. The summed E-state index contributed by atoms with van der Waals surface area (Å²) in [5, 5.41) is 3.38. The molecule has 1 amide bonds. The monoisotopic (exact) mass is 239 g/mol. The van der Waals surface area contributed by atoms with Gasteiger partial charge in [0.25, 0.3) is 0 Å². The molecule has 0 aromatic rings. The number of hydrogen-bond donors (Lipinski definition) is 1. The van der Waals surface area contributed by atoms with Crippen LogP contribution in [-0.2, 0) is 4.79 Å². The van der Waals surface area contributed by atoms with Crippen molar-refractivity contribution in [3.8, 4) is 0 Å². The van der Waals surface area contributed by atoms with Crippen LogP contribution in [-0.4, -0.2) is 61.5 Å².